The van der Waals surface area contributed by atoms with Crippen LogP contribution in [-0.2, 0) is 0 Å². The second-order valence-electron chi connectivity index (χ2n) is 29.3. The number of fused-ring (bicyclic) bond motifs is 19. The Morgan fingerprint density at radius 3 is 1.04 bits per heavy atom. The largest absolute Gasteiger partial charge is 0.456 e. The molecule has 0 aliphatic carbocycles. The molecule has 6 aromatic heterocycles. The summed E-state index contributed by atoms with van der Waals surface area (Å²) in [6, 6.07) is 125. The Morgan fingerprint density at radius 1 is 0.179 bits per heavy atom. The van der Waals surface area contributed by atoms with E-state index in [0.29, 0.717) is 40.5 Å². The topological polar surface area (TPSA) is 113 Å². The van der Waals surface area contributed by atoms with E-state index in [-0.39, 0.29) is 0 Å². The van der Waals surface area contributed by atoms with Gasteiger partial charge in [0.2, 0.25) is 0 Å². The van der Waals surface area contributed by atoms with E-state index in [1.54, 1.807) is 0 Å². The van der Waals surface area contributed by atoms with Crippen LogP contribution in [0.1, 0.15) is 0 Å². The maximum absolute atomic E-state index is 7.14. The smallest absolute Gasteiger partial charge is 0.165 e. The second-order valence-corrected chi connectivity index (χ2v) is 29.3. The Bertz CT molecular complexity index is 7970. The molecule has 0 saturated carbocycles. The summed E-state index contributed by atoms with van der Waals surface area (Å²) < 4.78 is 18.9. The van der Waals surface area contributed by atoms with Gasteiger partial charge in [0.15, 0.2) is 34.9 Å². The number of rotatable bonds is 9. The Labute approximate surface area is 638 Å². The molecule has 0 fully saturated rings. The van der Waals surface area contributed by atoms with E-state index in [9.17, 15) is 0 Å². The summed E-state index contributed by atoms with van der Waals surface area (Å²) in [5, 5.41) is 22.0. The van der Waals surface area contributed by atoms with Gasteiger partial charge in [0.05, 0.1) is 22.1 Å². The van der Waals surface area contributed by atoms with Crippen LogP contribution in [-0.4, -0.2) is 39.0 Å². The zero-order valence-electron chi connectivity index (χ0n) is 59.9. The SMILES string of the molecule is c1ccc(-c2nc(-c3ccccc3)nc(-c3c4ccc(-c5ccc(-c6nc(-c7ccccc7)nc(-c7c8ccccc8cc8oc9ccc(-n%10c%11cc%12ccccc%12cc%11c%11c%12ccccc%12ccc%11%10)cc9c78)n6)cc5)cc4cc4oc5ccc(-n6c7cc8ccccc8cc7c7cc8ccccc8cc76)cc5c34)n2)cc1. The highest BCUT2D eigenvalue weighted by molar-refractivity contribution is 6.26. The standard InChI is InChI=1S/C102H58N8O2/c1-4-21-61(22-5-1)97-103-98(62-23-6-2-7-24-62)107-102(106-97)96-78-44-40-71(48-73(78)56-91-94(96)83-58-75(43-47-89(83)112-91)110-85-52-68-30-13-10-27-65(68)49-79(85)80-50-66-28-11-14-31-69(66)53-86(80)110)59-36-38-64(39-37-59)100-104-99(63-25-8-3-9-26-63)105-101(108-100)95-77-35-19-17-33-72(77)55-90-93(95)82-57-74(42-46-88(82)111-90)109-84-45-41-60-20-16-18-34-76(60)92(84)81-51-67-29-12-15-32-70(67)54-87(81)109/h1-58H. The van der Waals surface area contributed by atoms with Gasteiger partial charge in [0.1, 0.15) is 22.3 Å². The Hall–Kier alpha value is -15.3. The molecule has 0 aliphatic heterocycles. The first-order chi connectivity index (χ1) is 55.4. The normalized spacial score (nSPS) is 12.1. The van der Waals surface area contributed by atoms with Crippen molar-refractivity contribution < 1.29 is 8.83 Å². The van der Waals surface area contributed by atoms with Crippen LogP contribution in [0.4, 0.5) is 0 Å². The van der Waals surface area contributed by atoms with Gasteiger partial charge in [-0.05, 0) is 173 Å². The number of benzene rings is 18. The average Bonchev–Trinajstić information content (AvgIpc) is 1.56. The molecule has 0 spiro atoms. The zero-order valence-corrected chi connectivity index (χ0v) is 59.9. The van der Waals surface area contributed by atoms with Crippen molar-refractivity contribution in [1.82, 2.24) is 39.0 Å². The van der Waals surface area contributed by atoms with Crippen molar-refractivity contribution in [3.8, 4) is 90.8 Å². The first-order valence-corrected chi connectivity index (χ1v) is 37.8. The molecule has 518 valence electrons. The van der Waals surface area contributed by atoms with Crippen LogP contribution in [0.2, 0.25) is 0 Å². The summed E-state index contributed by atoms with van der Waals surface area (Å²) in [6.07, 6.45) is 0. The Morgan fingerprint density at radius 2 is 0.545 bits per heavy atom. The molecule has 0 radical (unpaired) electrons. The van der Waals surface area contributed by atoms with E-state index < -0.39 is 0 Å². The summed E-state index contributed by atoms with van der Waals surface area (Å²) in [7, 11) is 0. The van der Waals surface area contributed by atoms with Crippen LogP contribution < -0.4 is 0 Å². The van der Waals surface area contributed by atoms with Crippen LogP contribution in [0.5, 0.6) is 0 Å². The number of nitrogens with zero attached hydrogens (tertiary/aromatic N) is 8. The monoisotopic (exact) mass is 1430 g/mol. The van der Waals surface area contributed by atoms with Crippen molar-refractivity contribution >= 4 is 152 Å². The van der Waals surface area contributed by atoms with E-state index >= 15 is 0 Å². The van der Waals surface area contributed by atoms with Gasteiger partial charge < -0.3 is 18.0 Å². The van der Waals surface area contributed by atoms with Gasteiger partial charge in [-0.3, -0.25) is 0 Å². The highest BCUT2D eigenvalue weighted by atomic mass is 16.3. The minimum absolute atomic E-state index is 0.534. The Balaban J connectivity index is 0.673. The molecule has 0 unspecified atom stereocenters. The van der Waals surface area contributed by atoms with Gasteiger partial charge in [-0.1, -0.05) is 255 Å². The third-order valence-corrected chi connectivity index (χ3v) is 22.9. The molecule has 6 heterocycles. The maximum Gasteiger partial charge on any atom is 0.165 e. The summed E-state index contributed by atoms with van der Waals surface area (Å²) in [5.41, 5.74) is 16.7. The van der Waals surface area contributed by atoms with Crippen molar-refractivity contribution in [2.45, 2.75) is 0 Å². The Kier molecular flexibility index (Phi) is 13.3. The lowest BCUT2D eigenvalue weighted by molar-refractivity contribution is 0.669. The number of furan rings is 2. The molecule has 0 amide bonds. The van der Waals surface area contributed by atoms with Crippen LogP contribution in [0, 0.1) is 0 Å². The predicted octanol–water partition coefficient (Wildman–Crippen LogP) is 26.6. The molecule has 112 heavy (non-hydrogen) atoms. The van der Waals surface area contributed by atoms with Crippen LogP contribution in [0.3, 0.4) is 0 Å². The van der Waals surface area contributed by atoms with Gasteiger partial charge in [0.25, 0.3) is 0 Å². The fourth-order valence-electron chi connectivity index (χ4n) is 17.6. The number of aromatic nitrogens is 8. The molecular weight excluding hydrogens is 1370 g/mol. The minimum atomic E-state index is 0.534. The molecule has 0 saturated heterocycles. The van der Waals surface area contributed by atoms with Gasteiger partial charge >= 0.3 is 0 Å². The van der Waals surface area contributed by atoms with E-state index in [1.165, 1.54) is 64.6 Å². The average molecular weight is 1430 g/mol. The van der Waals surface area contributed by atoms with Crippen molar-refractivity contribution in [3.05, 3.63) is 352 Å². The van der Waals surface area contributed by atoms with E-state index in [1.807, 2.05) is 54.6 Å². The van der Waals surface area contributed by atoms with Gasteiger partial charge in [0, 0.05) is 87.8 Å². The highest BCUT2D eigenvalue weighted by Crippen LogP contribution is 2.48. The first kappa shape index (κ1) is 61.8. The van der Waals surface area contributed by atoms with Crippen molar-refractivity contribution in [2.75, 3.05) is 0 Å². The lowest BCUT2D eigenvalue weighted by Crippen LogP contribution is -2.01. The number of hydrogen-bond donors (Lipinski definition) is 0. The van der Waals surface area contributed by atoms with Crippen LogP contribution >= 0.6 is 0 Å². The molecule has 0 aliphatic rings. The van der Waals surface area contributed by atoms with Gasteiger partial charge in [-0.25, -0.2) is 29.9 Å². The van der Waals surface area contributed by atoms with Gasteiger partial charge in [-0.15, -0.1) is 0 Å². The summed E-state index contributed by atoms with van der Waals surface area (Å²) in [5.74, 6) is 3.30. The van der Waals surface area contributed by atoms with Crippen molar-refractivity contribution in [2.24, 2.45) is 0 Å². The molecule has 24 rings (SSSR count). The lowest BCUT2D eigenvalue weighted by atomic mass is 9.94. The van der Waals surface area contributed by atoms with Gasteiger partial charge in [-0.2, -0.15) is 0 Å². The predicted molar refractivity (Wildman–Crippen MR) is 460 cm³/mol. The number of hydrogen-bond acceptors (Lipinski definition) is 8. The lowest BCUT2D eigenvalue weighted by Gasteiger charge is -2.13. The molecule has 10 heteroatoms. The third-order valence-electron chi connectivity index (χ3n) is 22.9. The van der Waals surface area contributed by atoms with E-state index in [2.05, 4.69) is 306 Å². The summed E-state index contributed by atoms with van der Waals surface area (Å²) in [6.45, 7) is 0. The summed E-state index contributed by atoms with van der Waals surface area (Å²) >= 11 is 0. The molecular formula is C102H58N8O2. The van der Waals surface area contributed by atoms with E-state index in [4.69, 9.17) is 38.7 Å². The molecule has 10 nitrogen and oxygen atoms in total. The van der Waals surface area contributed by atoms with E-state index in [0.717, 1.165) is 138 Å². The fourth-order valence-corrected chi connectivity index (χ4v) is 17.6. The molecule has 24 aromatic rings. The molecule has 0 N–H and O–H groups in total. The molecule has 0 atom stereocenters. The zero-order chi connectivity index (χ0) is 73.2. The van der Waals surface area contributed by atoms with Crippen molar-refractivity contribution in [1.29, 1.82) is 0 Å². The maximum atomic E-state index is 7.14. The van der Waals surface area contributed by atoms with Crippen LogP contribution in [0.15, 0.2) is 361 Å². The van der Waals surface area contributed by atoms with Crippen molar-refractivity contribution in [3.63, 3.8) is 0 Å². The third kappa shape index (κ3) is 9.65. The minimum Gasteiger partial charge on any atom is -0.456 e. The second kappa shape index (κ2) is 24.1. The summed E-state index contributed by atoms with van der Waals surface area (Å²) in [4.78, 5) is 32.5. The fraction of sp³-hybridized carbons (Fsp3) is 0. The van der Waals surface area contributed by atoms with Crippen LogP contribution in [0.25, 0.3) is 243 Å². The first-order valence-electron chi connectivity index (χ1n) is 37.8. The molecule has 18 aromatic carbocycles. The quantitative estimate of drug-likeness (QED) is 0.140. The molecule has 0 bridgehead atoms. The highest BCUT2D eigenvalue weighted by Gasteiger charge is 2.27.